The molecule has 438 valence electrons. The number of ether oxygens (including phenoxy) is 2. The molecule has 4 heterocycles. The molecule has 2 aliphatic heterocycles. The van der Waals surface area contributed by atoms with Gasteiger partial charge in [-0.1, -0.05) is 64.1 Å². The van der Waals surface area contributed by atoms with Crippen LogP contribution in [0.2, 0.25) is 0 Å². The molecule has 4 aliphatic rings. The van der Waals surface area contributed by atoms with Crippen LogP contribution in [0.5, 0.6) is 11.5 Å². The lowest BCUT2D eigenvalue weighted by Crippen LogP contribution is -2.61. The van der Waals surface area contributed by atoms with Gasteiger partial charge < -0.3 is 60.6 Å². The van der Waals surface area contributed by atoms with Crippen molar-refractivity contribution in [1.29, 1.82) is 0 Å². The van der Waals surface area contributed by atoms with Crippen molar-refractivity contribution >= 4 is 105 Å². The second-order valence-corrected chi connectivity index (χ2v) is 24.6. The topological polar surface area (TPSA) is 316 Å². The normalized spacial score (nSPS) is 29.5. The molecule has 2 aliphatic carbocycles. The third kappa shape index (κ3) is 11.7. The molecule has 82 heavy (non-hydrogen) atoms. The van der Waals surface area contributed by atoms with Crippen LogP contribution in [-0.2, 0) is 47.8 Å². The third-order valence-corrected chi connectivity index (χ3v) is 19.3. The van der Waals surface area contributed by atoms with E-state index in [4.69, 9.17) is 9.47 Å². The van der Waals surface area contributed by atoms with Gasteiger partial charge in [0, 0.05) is 50.0 Å². The van der Waals surface area contributed by atoms with E-state index in [1.54, 1.807) is 62.4 Å². The zero-order valence-corrected chi connectivity index (χ0v) is 48.7. The Morgan fingerprint density at radius 2 is 1.10 bits per heavy atom. The highest BCUT2D eigenvalue weighted by Crippen LogP contribution is 2.51. The van der Waals surface area contributed by atoms with E-state index in [-0.39, 0.29) is 23.8 Å². The first kappa shape index (κ1) is 60.4. The van der Waals surface area contributed by atoms with Crippen LogP contribution in [0, 0.1) is 11.8 Å². The van der Waals surface area contributed by atoms with Crippen molar-refractivity contribution in [1.82, 2.24) is 50.8 Å². The number of carbonyl (C=O) groups excluding carboxylic acids is 10. The number of pyridine rings is 2. The van der Waals surface area contributed by atoms with Crippen molar-refractivity contribution in [2.75, 3.05) is 47.2 Å². The molecule has 26 heteroatoms. The summed E-state index contributed by atoms with van der Waals surface area (Å²) in [6.45, 7) is 8.20. The van der Waals surface area contributed by atoms with Crippen LogP contribution >= 0.6 is 23.5 Å². The van der Waals surface area contributed by atoms with Gasteiger partial charge in [-0.3, -0.25) is 38.4 Å². The Hall–Kier alpha value is -7.74. The first-order chi connectivity index (χ1) is 38.8. The fraction of sp³-hybridized carbons (Fsp3) is 0.500. The molecule has 8 amide bonds. The molecule has 2 spiro atoms. The van der Waals surface area contributed by atoms with Gasteiger partial charge in [0.1, 0.15) is 72.0 Å². The van der Waals surface area contributed by atoms with E-state index in [0.717, 1.165) is 26.5 Å². The molecule has 2 saturated carbocycles. The van der Waals surface area contributed by atoms with E-state index in [1.807, 2.05) is 13.8 Å². The minimum atomic E-state index is -1.75. The van der Waals surface area contributed by atoms with Crippen molar-refractivity contribution in [3.63, 3.8) is 0 Å². The summed E-state index contributed by atoms with van der Waals surface area (Å²) in [4.78, 5) is 160. The largest absolute Gasteiger partial charge is 0.505 e. The van der Waals surface area contributed by atoms with Crippen molar-refractivity contribution in [2.24, 2.45) is 11.8 Å². The molecule has 6 N–H and O–H groups in total. The average molecular weight is 1170 g/mol. The first-order valence-electron chi connectivity index (χ1n) is 26.9. The number of benzene rings is 2. The van der Waals surface area contributed by atoms with Gasteiger partial charge in [0.15, 0.2) is 11.4 Å². The van der Waals surface area contributed by atoms with E-state index < -0.39 is 159 Å². The first-order valence-corrected chi connectivity index (χ1v) is 28.9. The third-order valence-electron chi connectivity index (χ3n) is 16.1. The van der Waals surface area contributed by atoms with E-state index >= 15 is 9.59 Å². The molecule has 24 nitrogen and oxygen atoms in total. The fourth-order valence-corrected chi connectivity index (χ4v) is 14.0. The maximum absolute atomic E-state index is 15.7. The minimum Gasteiger partial charge on any atom is -0.505 e. The number of nitrogens with zero attached hydrogens (tertiary/aromatic N) is 6. The number of amides is 8. The highest BCUT2D eigenvalue weighted by molar-refractivity contribution is 8.17. The van der Waals surface area contributed by atoms with Gasteiger partial charge in [-0.2, -0.15) is 0 Å². The Bertz CT molecular complexity index is 3260. The number of nitrogens with one attached hydrogen (secondary N) is 4. The molecule has 4 aromatic rings. The Balaban J connectivity index is 1.21. The highest BCUT2D eigenvalue weighted by Gasteiger charge is 2.66. The van der Waals surface area contributed by atoms with Gasteiger partial charge >= 0.3 is 11.9 Å². The number of thioether (sulfide) groups is 2. The summed E-state index contributed by atoms with van der Waals surface area (Å²) in [7, 11) is 5.41. The number of para-hydroxylation sites is 2. The number of fused-ring (bicyclic) bond motifs is 6. The lowest BCUT2D eigenvalue weighted by atomic mass is 10.1. The summed E-state index contributed by atoms with van der Waals surface area (Å²) in [5.41, 5.74) is -3.61. The summed E-state index contributed by atoms with van der Waals surface area (Å²) in [6.07, 6.45) is 0.703. The summed E-state index contributed by atoms with van der Waals surface area (Å²) in [5, 5.41) is 32.8. The lowest BCUT2D eigenvalue weighted by molar-refractivity contribution is -0.161. The number of aromatic hydroxyl groups is 2. The Morgan fingerprint density at radius 3 is 1.52 bits per heavy atom. The molecule has 2 saturated heterocycles. The number of hydrogen-bond donors (Lipinski definition) is 6. The number of aromatic nitrogens is 2. The Kier molecular flexibility index (Phi) is 17.7. The van der Waals surface area contributed by atoms with Crippen LogP contribution in [0.4, 0.5) is 0 Å². The second kappa shape index (κ2) is 24.0. The summed E-state index contributed by atoms with van der Waals surface area (Å²) >= 11 is 2.37. The van der Waals surface area contributed by atoms with Crippen LogP contribution in [0.25, 0.3) is 21.8 Å². The minimum absolute atomic E-state index is 0.0686. The number of carbonyl (C=O) groups is 10. The van der Waals surface area contributed by atoms with Gasteiger partial charge in [0.05, 0.1) is 15.6 Å². The molecule has 2 bridgehead atoms. The second-order valence-electron chi connectivity index (χ2n) is 21.6. The predicted octanol–water partition coefficient (Wildman–Crippen LogP) is 1.93. The molecule has 0 radical (unpaired) electrons. The zero-order chi connectivity index (χ0) is 59.9. The van der Waals surface area contributed by atoms with Crippen LogP contribution < -0.4 is 21.3 Å². The van der Waals surface area contributed by atoms with Gasteiger partial charge in [0.2, 0.25) is 35.4 Å². The van der Waals surface area contributed by atoms with Crippen LogP contribution in [0.15, 0.2) is 60.7 Å². The maximum atomic E-state index is 15.7. The average Bonchev–Trinajstić information content (AvgIpc) is 4.55. The number of cyclic esters (lactones) is 2. The van der Waals surface area contributed by atoms with E-state index in [1.165, 1.54) is 70.8 Å². The van der Waals surface area contributed by atoms with Crippen molar-refractivity contribution in [3.8, 4) is 11.5 Å². The highest BCUT2D eigenvalue weighted by atomic mass is 32.2. The van der Waals surface area contributed by atoms with Gasteiger partial charge in [0.25, 0.3) is 11.8 Å². The van der Waals surface area contributed by atoms with Crippen molar-refractivity contribution in [3.05, 3.63) is 72.1 Å². The van der Waals surface area contributed by atoms with Crippen LogP contribution in [0.3, 0.4) is 0 Å². The van der Waals surface area contributed by atoms with E-state index in [2.05, 4.69) is 31.2 Å². The Morgan fingerprint density at radius 1 is 0.683 bits per heavy atom. The van der Waals surface area contributed by atoms with Crippen LogP contribution in [0.1, 0.15) is 81.8 Å². The number of hydrogen-bond acceptors (Lipinski definition) is 18. The molecule has 1 unspecified atom stereocenters. The molecule has 2 aromatic carbocycles. The van der Waals surface area contributed by atoms with Crippen LogP contribution in [-0.4, -0.2) is 203 Å². The fourth-order valence-electron chi connectivity index (χ4n) is 10.5. The van der Waals surface area contributed by atoms with E-state index in [0.29, 0.717) is 28.2 Å². The number of rotatable bonds is 7. The maximum Gasteiger partial charge on any atom is 0.332 e. The van der Waals surface area contributed by atoms with Gasteiger partial charge in [-0.05, 0) is 69.2 Å². The Labute approximate surface area is 481 Å². The standard InChI is InChI=1S/C56H68N10O14S2/c1-11-29(4)82-52-43-51(76)66(10)56(23-28(56)3)54(78)80-25-36(61-46(71)41-39(67)20-32-16-12-14-18-34(32)59-41)44(69)57-30(5)48(73)63(7)38(26-81-52)50(75)65(9)55(22-27(55)2)53(77)79-24-37(45(70)58-31(6)49(74)64(43)8)62-47(72)42-40(68)21-33-17-13-15-19-35(33)60-42/h12-21,27-31,36-38,43,52,67-68H,11,22-26H2,1-10H3,(H,57,69)(H,58,70)(H,61,71)(H,62,72)/t27-,28-,29?,30-,31-,36+,37+,38-,43+,52+,55-,56-/m0/s1. The summed E-state index contributed by atoms with van der Waals surface area (Å²) in [5.74, 6) is -11.6. The molecular weight excluding hydrogens is 1100 g/mol. The summed E-state index contributed by atoms with van der Waals surface area (Å²) in [6, 6.07) is 6.60. The SMILES string of the molecule is CCC(C)S[C@H]1SC[C@H]2C(=O)N(C)[C@]3(C[C@@H]3C)C(=O)OC[C@@H](NC(=O)c3nc4ccccc4cc3O)C(=O)N[C@@H](C)C(=O)N(C)[C@@H]1C(=O)N(C)[C@]1(C[C@@H]1C)C(=O)OC[C@@H](NC(=O)c1nc3ccccc3cc1O)C(=O)N[C@@H](C)C(=O)N2C. The lowest BCUT2D eigenvalue weighted by Gasteiger charge is -2.40. The molecule has 8 rings (SSSR count). The molecule has 2 aromatic heterocycles. The molecular formula is C56H68N10O14S2. The van der Waals surface area contributed by atoms with Gasteiger partial charge in [-0.25, -0.2) is 19.6 Å². The molecule has 12 atom stereocenters. The smallest absolute Gasteiger partial charge is 0.332 e. The number of esters is 2. The molecule has 4 fully saturated rings. The quantitative estimate of drug-likeness (QED) is 0.144. The zero-order valence-electron chi connectivity index (χ0n) is 47.1. The monoisotopic (exact) mass is 1170 g/mol. The van der Waals surface area contributed by atoms with Crippen molar-refractivity contribution < 1.29 is 67.6 Å². The number of likely N-dealkylation sites (N-methyl/N-ethyl adjacent to an activating group) is 4. The van der Waals surface area contributed by atoms with Crippen molar-refractivity contribution in [2.45, 2.75) is 118 Å². The predicted molar refractivity (Wildman–Crippen MR) is 302 cm³/mol. The van der Waals surface area contributed by atoms with Gasteiger partial charge in [-0.15, -0.1) is 23.5 Å². The summed E-state index contributed by atoms with van der Waals surface area (Å²) < 4.78 is 10.7. The van der Waals surface area contributed by atoms with E-state index in [9.17, 15) is 48.6 Å².